The van der Waals surface area contributed by atoms with E-state index in [9.17, 15) is 13.2 Å². The summed E-state index contributed by atoms with van der Waals surface area (Å²) in [7, 11) is -3.75. The number of nitrogens with zero attached hydrogens (tertiary/aromatic N) is 2. The summed E-state index contributed by atoms with van der Waals surface area (Å²) in [6.45, 7) is 1.50. The molecular formula is C21H23N3O4S. The highest BCUT2D eigenvalue weighted by Gasteiger charge is 2.26. The van der Waals surface area contributed by atoms with Gasteiger partial charge in [0.25, 0.3) is 15.9 Å². The highest BCUT2D eigenvalue weighted by Crippen LogP contribution is 2.21. The van der Waals surface area contributed by atoms with E-state index < -0.39 is 10.0 Å². The molecule has 1 N–H and O–H groups in total. The van der Waals surface area contributed by atoms with E-state index in [4.69, 9.17) is 10.00 Å². The van der Waals surface area contributed by atoms with Crippen molar-refractivity contribution in [3.05, 3.63) is 60.2 Å². The summed E-state index contributed by atoms with van der Waals surface area (Å²) in [6.07, 6.45) is 1.68. The van der Waals surface area contributed by atoms with Crippen LogP contribution < -0.4 is 4.72 Å². The maximum absolute atomic E-state index is 13.1. The third kappa shape index (κ3) is 5.34. The van der Waals surface area contributed by atoms with E-state index in [1.807, 2.05) is 0 Å². The van der Waals surface area contributed by atoms with Crippen molar-refractivity contribution in [2.24, 2.45) is 0 Å². The van der Waals surface area contributed by atoms with E-state index in [1.165, 1.54) is 18.2 Å². The van der Waals surface area contributed by atoms with Crippen LogP contribution in [0.2, 0.25) is 0 Å². The SMILES string of the molecule is N#CCCN(C(=O)c1cccc(NS(=O)(=O)c2ccccc2)c1)C1CCOCC1. The standard InChI is InChI=1S/C21H23N3O4S/c22-12-5-13-24(19-10-14-28-15-11-19)21(25)17-6-4-7-18(16-17)23-29(26,27)20-8-2-1-3-9-20/h1-4,6-9,16,19,23H,5,10-11,13-15H2. The number of sulfonamides is 1. The third-order valence-corrected chi connectivity index (χ3v) is 6.17. The van der Waals surface area contributed by atoms with Crippen molar-refractivity contribution in [1.29, 1.82) is 5.26 Å². The second kappa shape index (κ2) is 9.54. The quantitative estimate of drug-likeness (QED) is 0.752. The molecule has 0 bridgehead atoms. The number of nitrogens with one attached hydrogen (secondary N) is 1. The molecule has 1 heterocycles. The van der Waals surface area contributed by atoms with Crippen LogP contribution in [-0.4, -0.2) is 45.0 Å². The molecule has 0 spiro atoms. The first-order chi connectivity index (χ1) is 14.0. The van der Waals surface area contributed by atoms with E-state index in [2.05, 4.69) is 10.8 Å². The second-order valence-corrected chi connectivity index (χ2v) is 8.43. The van der Waals surface area contributed by atoms with Gasteiger partial charge in [-0.15, -0.1) is 0 Å². The van der Waals surface area contributed by atoms with Crippen LogP contribution in [0.1, 0.15) is 29.6 Å². The van der Waals surface area contributed by atoms with Crippen LogP contribution in [0, 0.1) is 11.3 Å². The maximum atomic E-state index is 13.1. The first-order valence-electron chi connectivity index (χ1n) is 9.45. The van der Waals surface area contributed by atoms with Crippen molar-refractivity contribution in [3.63, 3.8) is 0 Å². The fourth-order valence-electron chi connectivity index (χ4n) is 3.31. The molecule has 0 aliphatic carbocycles. The van der Waals surface area contributed by atoms with Crippen LogP contribution in [0.4, 0.5) is 5.69 Å². The number of carbonyl (C=O) groups is 1. The number of rotatable bonds is 7. The van der Waals surface area contributed by atoms with Gasteiger partial charge in [0.1, 0.15) is 0 Å². The average Bonchev–Trinajstić information content (AvgIpc) is 2.75. The summed E-state index contributed by atoms with van der Waals surface area (Å²) in [5, 5.41) is 8.96. The number of anilines is 1. The molecule has 29 heavy (non-hydrogen) atoms. The Bertz CT molecular complexity index is 980. The molecular weight excluding hydrogens is 390 g/mol. The van der Waals surface area contributed by atoms with Gasteiger partial charge < -0.3 is 9.64 Å². The lowest BCUT2D eigenvalue weighted by atomic mass is 10.0. The molecule has 2 aromatic rings. The van der Waals surface area contributed by atoms with E-state index in [0.717, 1.165) is 12.8 Å². The average molecular weight is 413 g/mol. The molecule has 1 amide bonds. The summed E-state index contributed by atoms with van der Waals surface area (Å²) in [5.41, 5.74) is 0.689. The predicted molar refractivity (Wildman–Crippen MR) is 109 cm³/mol. The van der Waals surface area contributed by atoms with Crippen LogP contribution in [0.3, 0.4) is 0 Å². The van der Waals surface area contributed by atoms with Crippen LogP contribution in [0.25, 0.3) is 0 Å². The number of nitriles is 1. The Balaban J connectivity index is 1.81. The van der Waals surface area contributed by atoms with Crippen molar-refractivity contribution >= 4 is 21.6 Å². The number of hydrogen-bond acceptors (Lipinski definition) is 5. The molecule has 1 aliphatic heterocycles. The first kappa shape index (κ1) is 20.8. The minimum absolute atomic E-state index is 0.00858. The van der Waals surface area contributed by atoms with Crippen molar-refractivity contribution in [1.82, 2.24) is 4.90 Å². The molecule has 0 atom stereocenters. The normalized spacial score (nSPS) is 14.7. The molecule has 152 valence electrons. The van der Waals surface area contributed by atoms with Gasteiger partial charge in [0.2, 0.25) is 0 Å². The Hall–Kier alpha value is -2.89. The van der Waals surface area contributed by atoms with Crippen LogP contribution >= 0.6 is 0 Å². The van der Waals surface area contributed by atoms with Crippen molar-refractivity contribution in [2.75, 3.05) is 24.5 Å². The highest BCUT2D eigenvalue weighted by atomic mass is 32.2. The van der Waals surface area contributed by atoms with Crippen molar-refractivity contribution in [2.45, 2.75) is 30.2 Å². The van der Waals surface area contributed by atoms with Crippen LogP contribution in [0.5, 0.6) is 0 Å². The molecule has 7 nitrogen and oxygen atoms in total. The molecule has 3 rings (SSSR count). The van der Waals surface area contributed by atoms with Gasteiger partial charge in [0.05, 0.1) is 17.4 Å². The summed E-state index contributed by atoms with van der Waals surface area (Å²) >= 11 is 0. The minimum Gasteiger partial charge on any atom is -0.381 e. The molecule has 1 fully saturated rings. The molecule has 0 aromatic heterocycles. The molecule has 0 radical (unpaired) electrons. The Morgan fingerprint density at radius 1 is 1.14 bits per heavy atom. The lowest BCUT2D eigenvalue weighted by Crippen LogP contribution is -2.44. The van der Waals surface area contributed by atoms with Gasteiger partial charge in [-0.2, -0.15) is 5.26 Å². The smallest absolute Gasteiger partial charge is 0.261 e. The summed E-state index contributed by atoms with van der Waals surface area (Å²) in [6, 6.07) is 16.6. The summed E-state index contributed by atoms with van der Waals surface area (Å²) < 4.78 is 33.0. The minimum atomic E-state index is -3.75. The van der Waals surface area contributed by atoms with Crippen LogP contribution in [0.15, 0.2) is 59.5 Å². The zero-order valence-electron chi connectivity index (χ0n) is 16.0. The van der Waals surface area contributed by atoms with Gasteiger partial charge in [-0.3, -0.25) is 9.52 Å². The number of ether oxygens (including phenoxy) is 1. The number of amides is 1. The molecule has 1 saturated heterocycles. The van der Waals surface area contributed by atoms with Crippen molar-refractivity contribution < 1.29 is 17.9 Å². The van der Waals surface area contributed by atoms with Crippen molar-refractivity contribution in [3.8, 4) is 6.07 Å². The van der Waals surface area contributed by atoms with E-state index in [0.29, 0.717) is 31.0 Å². The second-order valence-electron chi connectivity index (χ2n) is 6.75. The molecule has 0 saturated carbocycles. The number of carbonyl (C=O) groups excluding carboxylic acids is 1. The lowest BCUT2D eigenvalue weighted by molar-refractivity contribution is 0.0296. The fourth-order valence-corrected chi connectivity index (χ4v) is 4.38. The van der Waals surface area contributed by atoms with Gasteiger partial charge in [0, 0.05) is 37.1 Å². The van der Waals surface area contributed by atoms with E-state index in [-0.39, 0.29) is 23.3 Å². The number of benzene rings is 2. The summed E-state index contributed by atoms with van der Waals surface area (Å²) in [4.78, 5) is 15.0. The van der Waals surface area contributed by atoms with E-state index in [1.54, 1.807) is 41.3 Å². The zero-order chi connectivity index (χ0) is 20.7. The van der Waals surface area contributed by atoms with Crippen LogP contribution in [-0.2, 0) is 14.8 Å². The monoisotopic (exact) mass is 413 g/mol. The largest absolute Gasteiger partial charge is 0.381 e. The fraction of sp³-hybridized carbons (Fsp3) is 0.333. The Labute approximate surface area is 171 Å². The Morgan fingerprint density at radius 3 is 2.55 bits per heavy atom. The Morgan fingerprint density at radius 2 is 1.86 bits per heavy atom. The third-order valence-electron chi connectivity index (χ3n) is 4.77. The van der Waals surface area contributed by atoms with Gasteiger partial charge in [0.15, 0.2) is 0 Å². The van der Waals surface area contributed by atoms with Gasteiger partial charge >= 0.3 is 0 Å². The number of hydrogen-bond donors (Lipinski definition) is 1. The lowest BCUT2D eigenvalue weighted by Gasteiger charge is -2.34. The van der Waals surface area contributed by atoms with Gasteiger partial charge in [-0.25, -0.2) is 8.42 Å². The highest BCUT2D eigenvalue weighted by molar-refractivity contribution is 7.92. The maximum Gasteiger partial charge on any atom is 0.261 e. The van der Waals surface area contributed by atoms with Gasteiger partial charge in [-0.1, -0.05) is 24.3 Å². The zero-order valence-corrected chi connectivity index (χ0v) is 16.8. The molecule has 1 aliphatic rings. The first-order valence-corrected chi connectivity index (χ1v) is 10.9. The Kier molecular flexibility index (Phi) is 6.86. The predicted octanol–water partition coefficient (Wildman–Crippen LogP) is 3.02. The molecule has 8 heteroatoms. The molecule has 0 unspecified atom stereocenters. The summed E-state index contributed by atoms with van der Waals surface area (Å²) in [5.74, 6) is -0.215. The van der Waals surface area contributed by atoms with Gasteiger partial charge in [-0.05, 0) is 43.2 Å². The topological polar surface area (TPSA) is 99.5 Å². The molecule has 2 aromatic carbocycles. The van der Waals surface area contributed by atoms with E-state index >= 15 is 0 Å².